The third kappa shape index (κ3) is 3.89. The van der Waals surface area contributed by atoms with E-state index >= 15 is 0 Å². The molecule has 0 amide bonds. The lowest BCUT2D eigenvalue weighted by molar-refractivity contribution is -0.385. The number of hydrogen-bond donors (Lipinski definition) is 7. The van der Waals surface area contributed by atoms with Gasteiger partial charge in [-0.3, -0.25) is 10.1 Å². The second-order valence-corrected chi connectivity index (χ2v) is 10.7. The van der Waals surface area contributed by atoms with Crippen molar-refractivity contribution in [1.82, 2.24) is 0 Å². The molecule has 0 saturated heterocycles. The van der Waals surface area contributed by atoms with Gasteiger partial charge in [-0.05, 0) is 35.9 Å². The predicted molar refractivity (Wildman–Crippen MR) is 145 cm³/mol. The fraction of sp³-hybridized carbons (Fsp3) is 0.200. The molecule has 2 bridgehead atoms. The molecule has 0 fully saturated rings. The van der Waals surface area contributed by atoms with E-state index in [1.165, 1.54) is 42.5 Å². The van der Waals surface area contributed by atoms with Crippen molar-refractivity contribution < 1.29 is 54.9 Å². The molecule has 3 aliphatic rings. The summed E-state index contributed by atoms with van der Waals surface area (Å²) in [5, 5.41) is 84.1. The fourth-order valence-corrected chi connectivity index (χ4v) is 6.13. The highest BCUT2D eigenvalue weighted by Gasteiger charge is 2.53. The zero-order valence-electron chi connectivity index (χ0n) is 22.0. The fourth-order valence-electron chi connectivity index (χ4n) is 6.13. The number of nitrogens with zero attached hydrogens (tertiary/aromatic N) is 1. The van der Waals surface area contributed by atoms with Crippen LogP contribution in [0.4, 0.5) is 5.69 Å². The van der Waals surface area contributed by atoms with Crippen LogP contribution < -0.4 is 14.2 Å². The van der Waals surface area contributed by atoms with Crippen LogP contribution in [-0.4, -0.2) is 46.8 Å². The molecule has 43 heavy (non-hydrogen) atoms. The van der Waals surface area contributed by atoms with Crippen molar-refractivity contribution in [2.45, 2.75) is 36.8 Å². The minimum absolute atomic E-state index is 0.0361. The van der Waals surface area contributed by atoms with E-state index in [1.54, 1.807) is 0 Å². The van der Waals surface area contributed by atoms with E-state index in [4.69, 9.17) is 14.2 Å². The molecule has 0 spiro atoms. The maximum Gasteiger partial charge on any atom is 0.279 e. The maximum absolute atomic E-state index is 11.7. The van der Waals surface area contributed by atoms with E-state index in [-0.39, 0.29) is 58.4 Å². The van der Waals surface area contributed by atoms with E-state index in [2.05, 4.69) is 0 Å². The van der Waals surface area contributed by atoms with E-state index in [0.717, 1.165) is 12.1 Å². The summed E-state index contributed by atoms with van der Waals surface area (Å²) >= 11 is 0. The first-order valence-electron chi connectivity index (χ1n) is 13.1. The number of aliphatic hydroxyl groups is 1. The first-order chi connectivity index (χ1) is 20.5. The van der Waals surface area contributed by atoms with E-state index < -0.39 is 51.8 Å². The molecule has 13 nitrogen and oxygen atoms in total. The Bertz CT molecular complexity index is 1830. The molecule has 4 atom stereocenters. The van der Waals surface area contributed by atoms with Gasteiger partial charge in [-0.15, -0.1) is 0 Å². The lowest BCUT2D eigenvalue weighted by atomic mass is 9.76. The van der Waals surface area contributed by atoms with Gasteiger partial charge in [0.05, 0.1) is 11.0 Å². The van der Waals surface area contributed by atoms with Crippen LogP contribution >= 0.6 is 0 Å². The summed E-state index contributed by atoms with van der Waals surface area (Å²) in [6, 6.07) is 11.6. The van der Waals surface area contributed by atoms with Crippen LogP contribution in [0.5, 0.6) is 51.7 Å². The molecule has 0 unspecified atom stereocenters. The standard InChI is InChI=1S/C30H23NO12/c32-18-3-1-12(5-20(18)34)28-23(37)9-16-19(33)10-25-26(29(16)41-28)17-11-30(43-25,13-6-21(35)27(38)22(36)7-13)42-24-4-2-14(31(39)40)8-15(17)24/h1-8,10,17,23,28,32-38H,9,11H2/t17-,23+,28+,30-/m1/s1. The number of nitro benzene ring substituents is 1. The molecule has 3 aliphatic heterocycles. The number of rotatable bonds is 3. The highest BCUT2D eigenvalue weighted by Crippen LogP contribution is 2.61. The Morgan fingerprint density at radius 3 is 2.23 bits per heavy atom. The molecule has 7 rings (SSSR count). The minimum Gasteiger partial charge on any atom is -0.507 e. The summed E-state index contributed by atoms with van der Waals surface area (Å²) in [6.07, 6.45) is -2.29. The zero-order chi connectivity index (χ0) is 30.4. The molecule has 13 heteroatoms. The van der Waals surface area contributed by atoms with Gasteiger partial charge in [0.25, 0.3) is 11.5 Å². The highest BCUT2D eigenvalue weighted by molar-refractivity contribution is 5.66. The van der Waals surface area contributed by atoms with Crippen LogP contribution in [0.15, 0.2) is 54.6 Å². The van der Waals surface area contributed by atoms with Crippen molar-refractivity contribution in [3.63, 3.8) is 0 Å². The number of hydrogen-bond acceptors (Lipinski definition) is 12. The lowest BCUT2D eigenvalue weighted by Crippen LogP contribution is -2.47. The molecule has 4 aromatic carbocycles. The number of aliphatic hydroxyl groups excluding tert-OH is 1. The number of nitro groups is 1. The zero-order valence-corrected chi connectivity index (χ0v) is 22.0. The second kappa shape index (κ2) is 8.97. The number of aromatic hydroxyl groups is 6. The van der Waals surface area contributed by atoms with Crippen molar-refractivity contribution in [2.24, 2.45) is 0 Å². The molecular formula is C30H23NO12. The summed E-state index contributed by atoms with van der Waals surface area (Å²) in [4.78, 5) is 11.1. The normalized spacial score (nSPS) is 23.0. The predicted octanol–water partition coefficient (Wildman–Crippen LogP) is 4.03. The van der Waals surface area contributed by atoms with Gasteiger partial charge >= 0.3 is 0 Å². The number of phenolic OH excluding ortho intramolecular Hbond substituents is 6. The van der Waals surface area contributed by atoms with Gasteiger partial charge in [-0.2, -0.15) is 0 Å². The quantitative estimate of drug-likeness (QED) is 0.103. The molecule has 220 valence electrons. The monoisotopic (exact) mass is 589 g/mol. The van der Waals surface area contributed by atoms with Crippen molar-refractivity contribution in [2.75, 3.05) is 0 Å². The first kappa shape index (κ1) is 26.3. The number of ether oxygens (including phenoxy) is 3. The van der Waals surface area contributed by atoms with Gasteiger partial charge in [0, 0.05) is 59.2 Å². The van der Waals surface area contributed by atoms with Gasteiger partial charge in [0.1, 0.15) is 29.1 Å². The Labute approximate surface area is 241 Å². The molecule has 0 saturated carbocycles. The smallest absolute Gasteiger partial charge is 0.279 e. The third-order valence-corrected chi connectivity index (χ3v) is 8.16. The van der Waals surface area contributed by atoms with E-state index in [0.29, 0.717) is 16.7 Å². The summed E-state index contributed by atoms with van der Waals surface area (Å²) < 4.78 is 19.0. The van der Waals surface area contributed by atoms with Crippen molar-refractivity contribution in [3.05, 3.63) is 92.5 Å². The number of phenols is 6. The van der Waals surface area contributed by atoms with E-state index in [9.17, 15) is 45.9 Å². The largest absolute Gasteiger partial charge is 0.507 e. The Balaban J connectivity index is 1.44. The molecule has 0 radical (unpaired) electrons. The van der Waals surface area contributed by atoms with Crippen LogP contribution in [0.25, 0.3) is 0 Å². The Morgan fingerprint density at radius 1 is 0.814 bits per heavy atom. The topological polar surface area (TPSA) is 212 Å². The van der Waals surface area contributed by atoms with Crippen molar-refractivity contribution in [1.29, 1.82) is 0 Å². The highest BCUT2D eigenvalue weighted by atomic mass is 16.7. The lowest BCUT2D eigenvalue weighted by Gasteiger charge is -2.47. The van der Waals surface area contributed by atoms with Crippen LogP contribution in [0.1, 0.15) is 46.3 Å². The molecule has 3 heterocycles. The van der Waals surface area contributed by atoms with Crippen molar-refractivity contribution in [3.8, 4) is 51.7 Å². The summed E-state index contributed by atoms with van der Waals surface area (Å²) in [5.74, 6) is -5.08. The minimum atomic E-state index is -1.72. The molecule has 0 aromatic heterocycles. The van der Waals surface area contributed by atoms with E-state index in [1.807, 2.05) is 0 Å². The third-order valence-electron chi connectivity index (χ3n) is 8.16. The Morgan fingerprint density at radius 2 is 1.53 bits per heavy atom. The summed E-state index contributed by atoms with van der Waals surface area (Å²) in [5.41, 5.74) is 1.33. The maximum atomic E-state index is 11.7. The SMILES string of the molecule is O=[N+]([O-])c1ccc2c(c1)[C@H]1C[C@@](c3cc(O)c(O)c(O)c3)(O2)Oc2cc(O)c3c(c21)O[C@@H](c1ccc(O)c(O)c1)[C@@H](O)C3. The van der Waals surface area contributed by atoms with Crippen LogP contribution in [0.2, 0.25) is 0 Å². The number of non-ortho nitro benzene ring substituents is 1. The molecule has 7 N–H and O–H groups in total. The molecular weight excluding hydrogens is 566 g/mol. The molecule has 0 aliphatic carbocycles. The number of fused-ring (bicyclic) bond motifs is 8. The van der Waals surface area contributed by atoms with Crippen LogP contribution in [0.3, 0.4) is 0 Å². The Hall–Kier alpha value is -5.56. The van der Waals surface area contributed by atoms with Gasteiger partial charge < -0.3 is 50.0 Å². The first-order valence-corrected chi connectivity index (χ1v) is 13.1. The Kier molecular flexibility index (Phi) is 5.49. The van der Waals surface area contributed by atoms with Crippen LogP contribution in [-0.2, 0) is 12.2 Å². The van der Waals surface area contributed by atoms with Gasteiger partial charge in [-0.25, -0.2) is 0 Å². The summed E-state index contributed by atoms with van der Waals surface area (Å²) in [6.45, 7) is 0. The number of benzene rings is 4. The average molecular weight is 590 g/mol. The summed E-state index contributed by atoms with van der Waals surface area (Å²) in [7, 11) is 0. The van der Waals surface area contributed by atoms with Gasteiger partial charge in [0.15, 0.2) is 28.7 Å². The van der Waals surface area contributed by atoms with Gasteiger partial charge in [-0.1, -0.05) is 6.07 Å². The van der Waals surface area contributed by atoms with Crippen molar-refractivity contribution >= 4 is 5.69 Å². The van der Waals surface area contributed by atoms with Crippen LogP contribution in [0, 0.1) is 10.1 Å². The average Bonchev–Trinajstić information content (AvgIpc) is 2.96. The second-order valence-electron chi connectivity index (χ2n) is 10.7. The van der Waals surface area contributed by atoms with Gasteiger partial charge in [0.2, 0.25) is 0 Å². The molecule has 4 aromatic rings.